The van der Waals surface area contributed by atoms with Crippen molar-refractivity contribution >= 4 is 11.8 Å². The molecule has 0 saturated carbocycles. The van der Waals surface area contributed by atoms with Gasteiger partial charge in [-0.05, 0) is 61.3 Å². The van der Waals surface area contributed by atoms with Gasteiger partial charge in [0.1, 0.15) is 5.75 Å². The Morgan fingerprint density at radius 1 is 1.39 bits per heavy atom. The molecule has 1 aromatic rings. The predicted molar refractivity (Wildman–Crippen MR) is 77.2 cm³/mol. The van der Waals surface area contributed by atoms with Crippen LogP contribution in [0.15, 0.2) is 24.3 Å². The molecule has 1 aromatic carbocycles. The van der Waals surface area contributed by atoms with Gasteiger partial charge in [0.15, 0.2) is 0 Å². The topological polar surface area (TPSA) is 29.5 Å². The van der Waals surface area contributed by atoms with Crippen molar-refractivity contribution in [2.24, 2.45) is 5.92 Å². The first-order valence-corrected chi connectivity index (χ1v) is 7.93. The Bertz CT molecular complexity index is 361. The maximum Gasteiger partial charge on any atom is 0.119 e. The van der Waals surface area contributed by atoms with Crippen LogP contribution in [0.3, 0.4) is 0 Å². The Kier molecular flexibility index (Phi) is 5.39. The molecule has 0 bridgehead atoms. The molecule has 3 heteroatoms. The van der Waals surface area contributed by atoms with Gasteiger partial charge in [0, 0.05) is 0 Å². The van der Waals surface area contributed by atoms with E-state index in [4.69, 9.17) is 4.74 Å². The minimum atomic E-state index is -0.349. The van der Waals surface area contributed by atoms with E-state index >= 15 is 0 Å². The molecule has 0 radical (unpaired) electrons. The van der Waals surface area contributed by atoms with Crippen molar-refractivity contribution in [1.82, 2.24) is 0 Å². The first kappa shape index (κ1) is 13.8. The number of rotatable bonds is 5. The molecule has 0 aromatic heterocycles. The SMILES string of the molecule is CCOc1cccc(C(O)CC2CCSCC2)c1. The van der Waals surface area contributed by atoms with Gasteiger partial charge in [-0.3, -0.25) is 0 Å². The second-order valence-electron chi connectivity index (χ2n) is 4.81. The monoisotopic (exact) mass is 266 g/mol. The van der Waals surface area contributed by atoms with E-state index in [-0.39, 0.29) is 6.10 Å². The molecule has 1 unspecified atom stereocenters. The van der Waals surface area contributed by atoms with Crippen LogP contribution in [0, 0.1) is 5.92 Å². The third-order valence-electron chi connectivity index (χ3n) is 3.45. The Morgan fingerprint density at radius 3 is 2.89 bits per heavy atom. The minimum absolute atomic E-state index is 0.349. The third kappa shape index (κ3) is 3.92. The van der Waals surface area contributed by atoms with Crippen LogP contribution in [0.25, 0.3) is 0 Å². The zero-order valence-corrected chi connectivity index (χ0v) is 11.8. The number of hydrogen-bond acceptors (Lipinski definition) is 3. The zero-order chi connectivity index (χ0) is 12.8. The summed E-state index contributed by atoms with van der Waals surface area (Å²) in [7, 11) is 0. The molecule has 1 N–H and O–H groups in total. The smallest absolute Gasteiger partial charge is 0.119 e. The average molecular weight is 266 g/mol. The fourth-order valence-corrected chi connectivity index (χ4v) is 3.62. The molecular formula is C15H22O2S. The van der Waals surface area contributed by atoms with E-state index in [0.29, 0.717) is 12.5 Å². The molecule has 18 heavy (non-hydrogen) atoms. The maximum absolute atomic E-state index is 10.3. The van der Waals surface area contributed by atoms with Crippen LogP contribution in [0.5, 0.6) is 5.75 Å². The highest BCUT2D eigenvalue weighted by Crippen LogP contribution is 2.31. The van der Waals surface area contributed by atoms with Gasteiger partial charge in [0.25, 0.3) is 0 Å². The van der Waals surface area contributed by atoms with Crippen LogP contribution in [0.2, 0.25) is 0 Å². The molecule has 1 atom stereocenters. The average Bonchev–Trinajstić information content (AvgIpc) is 2.40. The van der Waals surface area contributed by atoms with E-state index in [1.807, 2.05) is 43.0 Å². The van der Waals surface area contributed by atoms with Gasteiger partial charge in [-0.1, -0.05) is 12.1 Å². The summed E-state index contributed by atoms with van der Waals surface area (Å²) in [6.07, 6.45) is 3.02. The molecule has 1 fully saturated rings. The highest BCUT2D eigenvalue weighted by atomic mass is 32.2. The quantitative estimate of drug-likeness (QED) is 0.882. The summed E-state index contributed by atoms with van der Waals surface area (Å²) >= 11 is 2.03. The lowest BCUT2D eigenvalue weighted by Crippen LogP contribution is -2.13. The van der Waals surface area contributed by atoms with Gasteiger partial charge >= 0.3 is 0 Å². The Labute approximate surface area is 114 Å². The van der Waals surface area contributed by atoms with Gasteiger partial charge in [-0.15, -0.1) is 0 Å². The van der Waals surface area contributed by atoms with Crippen molar-refractivity contribution in [1.29, 1.82) is 0 Å². The zero-order valence-electron chi connectivity index (χ0n) is 11.0. The highest BCUT2D eigenvalue weighted by molar-refractivity contribution is 7.99. The fraction of sp³-hybridized carbons (Fsp3) is 0.600. The summed E-state index contributed by atoms with van der Waals surface area (Å²) in [6.45, 7) is 2.64. The van der Waals surface area contributed by atoms with Crippen molar-refractivity contribution in [3.8, 4) is 5.75 Å². The number of aliphatic hydroxyl groups excluding tert-OH is 1. The lowest BCUT2D eigenvalue weighted by atomic mass is 9.92. The summed E-state index contributed by atoms with van der Waals surface area (Å²) in [5, 5.41) is 10.3. The van der Waals surface area contributed by atoms with Crippen molar-refractivity contribution in [2.75, 3.05) is 18.1 Å². The third-order valence-corrected chi connectivity index (χ3v) is 4.50. The van der Waals surface area contributed by atoms with E-state index in [9.17, 15) is 5.11 Å². The summed E-state index contributed by atoms with van der Waals surface area (Å²) in [5.41, 5.74) is 0.985. The second-order valence-corrected chi connectivity index (χ2v) is 6.04. The summed E-state index contributed by atoms with van der Waals surface area (Å²) in [4.78, 5) is 0. The lowest BCUT2D eigenvalue weighted by molar-refractivity contribution is 0.140. The molecule has 1 heterocycles. The molecule has 1 aliphatic heterocycles. The predicted octanol–water partition coefficient (Wildman–Crippen LogP) is 3.65. The van der Waals surface area contributed by atoms with Gasteiger partial charge < -0.3 is 9.84 Å². The Hall–Kier alpha value is -0.670. The van der Waals surface area contributed by atoms with E-state index in [2.05, 4.69) is 0 Å². The Balaban J connectivity index is 1.94. The van der Waals surface area contributed by atoms with Gasteiger partial charge in [0.2, 0.25) is 0 Å². The van der Waals surface area contributed by atoms with Gasteiger partial charge in [-0.2, -0.15) is 11.8 Å². The number of benzene rings is 1. The molecule has 0 spiro atoms. The normalized spacial score (nSPS) is 18.6. The standard InChI is InChI=1S/C15H22O2S/c1-2-17-14-5-3-4-13(11-14)15(16)10-12-6-8-18-9-7-12/h3-5,11-12,15-16H,2,6-10H2,1H3. The largest absolute Gasteiger partial charge is 0.494 e. The van der Waals surface area contributed by atoms with E-state index < -0.39 is 0 Å². The molecule has 0 amide bonds. The number of aliphatic hydroxyl groups is 1. The molecular weight excluding hydrogens is 244 g/mol. The van der Waals surface area contributed by atoms with Crippen molar-refractivity contribution in [3.05, 3.63) is 29.8 Å². The fourth-order valence-electron chi connectivity index (χ4n) is 2.41. The highest BCUT2D eigenvalue weighted by Gasteiger charge is 2.19. The summed E-state index contributed by atoms with van der Waals surface area (Å²) in [5.74, 6) is 4.03. The molecule has 1 aliphatic rings. The number of ether oxygens (including phenoxy) is 1. The Morgan fingerprint density at radius 2 is 2.17 bits per heavy atom. The van der Waals surface area contributed by atoms with Gasteiger partial charge in [-0.25, -0.2) is 0 Å². The minimum Gasteiger partial charge on any atom is -0.494 e. The van der Waals surface area contributed by atoms with Crippen LogP contribution in [0.4, 0.5) is 0 Å². The van der Waals surface area contributed by atoms with Crippen LogP contribution < -0.4 is 4.74 Å². The van der Waals surface area contributed by atoms with Crippen molar-refractivity contribution < 1.29 is 9.84 Å². The van der Waals surface area contributed by atoms with E-state index in [1.54, 1.807) is 0 Å². The van der Waals surface area contributed by atoms with Crippen molar-refractivity contribution in [3.63, 3.8) is 0 Å². The molecule has 2 rings (SSSR count). The number of thioether (sulfide) groups is 1. The first-order valence-electron chi connectivity index (χ1n) is 6.78. The van der Waals surface area contributed by atoms with E-state index in [0.717, 1.165) is 17.7 Å². The first-order chi connectivity index (χ1) is 8.79. The molecule has 1 saturated heterocycles. The van der Waals surface area contributed by atoms with Crippen LogP contribution >= 0.6 is 11.8 Å². The van der Waals surface area contributed by atoms with Crippen LogP contribution in [0.1, 0.15) is 37.9 Å². The summed E-state index contributed by atoms with van der Waals surface area (Å²) in [6, 6.07) is 7.85. The second kappa shape index (κ2) is 7.05. The molecule has 100 valence electrons. The van der Waals surface area contributed by atoms with E-state index in [1.165, 1.54) is 24.3 Å². The van der Waals surface area contributed by atoms with Crippen LogP contribution in [-0.2, 0) is 0 Å². The lowest BCUT2D eigenvalue weighted by Gasteiger charge is -2.24. The maximum atomic E-state index is 10.3. The van der Waals surface area contributed by atoms with Crippen molar-refractivity contribution in [2.45, 2.75) is 32.3 Å². The van der Waals surface area contributed by atoms with Crippen LogP contribution in [-0.4, -0.2) is 23.2 Å². The molecule has 2 nitrogen and oxygen atoms in total. The summed E-state index contributed by atoms with van der Waals surface area (Å²) < 4.78 is 5.47. The number of hydrogen-bond donors (Lipinski definition) is 1. The molecule has 0 aliphatic carbocycles. The van der Waals surface area contributed by atoms with Gasteiger partial charge in [0.05, 0.1) is 12.7 Å².